The molecule has 2 aromatic heterocycles. The summed E-state index contributed by atoms with van der Waals surface area (Å²) in [6.45, 7) is 9.68. The third-order valence-electron chi connectivity index (χ3n) is 4.08. The normalized spacial score (nSPS) is 10.7. The van der Waals surface area contributed by atoms with Crippen molar-refractivity contribution in [2.24, 2.45) is 0 Å². The van der Waals surface area contributed by atoms with Gasteiger partial charge in [0, 0.05) is 29.4 Å². The number of amides is 2. The molecule has 0 saturated carbocycles. The van der Waals surface area contributed by atoms with Gasteiger partial charge in [0.1, 0.15) is 0 Å². The molecule has 0 aliphatic heterocycles. The number of rotatable bonds is 7. The van der Waals surface area contributed by atoms with Gasteiger partial charge in [0.2, 0.25) is 5.91 Å². The molecule has 24 heavy (non-hydrogen) atoms. The van der Waals surface area contributed by atoms with Gasteiger partial charge >= 0.3 is 0 Å². The number of thiophene rings is 1. The lowest BCUT2D eigenvalue weighted by Crippen LogP contribution is -2.40. The van der Waals surface area contributed by atoms with Crippen LogP contribution in [0.4, 0.5) is 0 Å². The second kappa shape index (κ2) is 8.15. The zero-order valence-corrected chi connectivity index (χ0v) is 15.6. The topological polar surface area (TPSA) is 54.3 Å². The van der Waals surface area contributed by atoms with Crippen LogP contribution < -0.4 is 5.32 Å². The molecular weight excluding hydrogens is 322 g/mol. The van der Waals surface area contributed by atoms with Crippen LogP contribution in [0.1, 0.15) is 40.5 Å². The molecule has 0 unspecified atom stereocenters. The molecule has 0 aliphatic rings. The van der Waals surface area contributed by atoms with Crippen LogP contribution in [0.25, 0.3) is 0 Å². The Balaban J connectivity index is 2.21. The van der Waals surface area contributed by atoms with E-state index in [0.717, 1.165) is 17.9 Å². The Morgan fingerprint density at radius 1 is 1.29 bits per heavy atom. The van der Waals surface area contributed by atoms with Crippen molar-refractivity contribution in [3.8, 4) is 0 Å². The van der Waals surface area contributed by atoms with E-state index in [1.54, 1.807) is 16.2 Å². The van der Waals surface area contributed by atoms with Gasteiger partial charge in [-0.1, -0.05) is 6.07 Å². The highest BCUT2D eigenvalue weighted by molar-refractivity contribution is 7.09. The summed E-state index contributed by atoms with van der Waals surface area (Å²) in [5.74, 6) is -0.214. The van der Waals surface area contributed by atoms with Crippen LogP contribution in [-0.2, 0) is 11.3 Å². The standard InChI is InChI=1S/C18H25N3O2S/c1-5-19-17(22)12-20(6-2)18(23)16-10-13(3)21(14(16)4)11-15-8-7-9-24-15/h7-10H,5-6,11-12H2,1-4H3,(H,19,22). The Labute approximate surface area is 147 Å². The molecule has 0 fully saturated rings. The maximum Gasteiger partial charge on any atom is 0.256 e. The highest BCUT2D eigenvalue weighted by Crippen LogP contribution is 2.20. The number of nitrogens with one attached hydrogen (secondary N) is 1. The predicted octanol–water partition coefficient (Wildman–Crippen LogP) is 2.81. The molecule has 6 heteroatoms. The molecular formula is C18H25N3O2S. The molecule has 1 N–H and O–H groups in total. The summed E-state index contributed by atoms with van der Waals surface area (Å²) < 4.78 is 2.15. The number of aryl methyl sites for hydroxylation is 1. The molecule has 0 aromatic carbocycles. The van der Waals surface area contributed by atoms with Crippen LogP contribution in [0.2, 0.25) is 0 Å². The van der Waals surface area contributed by atoms with E-state index in [2.05, 4.69) is 21.3 Å². The summed E-state index contributed by atoms with van der Waals surface area (Å²) in [7, 11) is 0. The number of carbonyl (C=O) groups is 2. The van der Waals surface area contributed by atoms with E-state index in [1.807, 2.05) is 39.8 Å². The lowest BCUT2D eigenvalue weighted by Gasteiger charge is -2.20. The number of hydrogen-bond donors (Lipinski definition) is 1. The minimum Gasteiger partial charge on any atom is -0.355 e. The van der Waals surface area contributed by atoms with Crippen LogP contribution in [0, 0.1) is 13.8 Å². The summed E-state index contributed by atoms with van der Waals surface area (Å²) in [6.07, 6.45) is 0. The number of aromatic nitrogens is 1. The molecule has 0 aliphatic carbocycles. The third kappa shape index (κ3) is 4.06. The molecule has 5 nitrogen and oxygen atoms in total. The van der Waals surface area contributed by atoms with Crippen molar-refractivity contribution in [1.82, 2.24) is 14.8 Å². The molecule has 2 heterocycles. The van der Waals surface area contributed by atoms with E-state index >= 15 is 0 Å². The van der Waals surface area contributed by atoms with E-state index in [9.17, 15) is 9.59 Å². The van der Waals surface area contributed by atoms with Gasteiger partial charge in [-0.15, -0.1) is 11.3 Å². The Kier molecular flexibility index (Phi) is 6.20. The zero-order chi connectivity index (χ0) is 17.7. The van der Waals surface area contributed by atoms with Crippen molar-refractivity contribution in [3.63, 3.8) is 0 Å². The van der Waals surface area contributed by atoms with Crippen LogP contribution in [0.15, 0.2) is 23.6 Å². The van der Waals surface area contributed by atoms with Gasteiger partial charge in [0.25, 0.3) is 5.91 Å². The lowest BCUT2D eigenvalue weighted by molar-refractivity contribution is -0.121. The van der Waals surface area contributed by atoms with Crippen LogP contribution in [0.3, 0.4) is 0 Å². The number of carbonyl (C=O) groups excluding carboxylic acids is 2. The number of hydrogen-bond acceptors (Lipinski definition) is 3. The third-order valence-corrected chi connectivity index (χ3v) is 4.94. The molecule has 2 amide bonds. The maximum atomic E-state index is 12.8. The van der Waals surface area contributed by atoms with Gasteiger partial charge in [-0.3, -0.25) is 9.59 Å². The molecule has 0 atom stereocenters. The van der Waals surface area contributed by atoms with Gasteiger partial charge in [-0.25, -0.2) is 0 Å². The first-order valence-corrected chi connectivity index (χ1v) is 9.10. The Morgan fingerprint density at radius 2 is 2.04 bits per heavy atom. The fourth-order valence-electron chi connectivity index (χ4n) is 2.74. The Hall–Kier alpha value is -2.08. The van der Waals surface area contributed by atoms with E-state index in [4.69, 9.17) is 0 Å². The number of nitrogens with zero attached hydrogens (tertiary/aromatic N) is 2. The largest absolute Gasteiger partial charge is 0.355 e. The second-order valence-corrected chi connectivity index (χ2v) is 6.76. The molecule has 2 rings (SSSR count). The van der Waals surface area contributed by atoms with Crippen molar-refractivity contribution in [2.75, 3.05) is 19.6 Å². The molecule has 0 bridgehead atoms. The van der Waals surface area contributed by atoms with Crippen molar-refractivity contribution >= 4 is 23.2 Å². The highest BCUT2D eigenvalue weighted by atomic mass is 32.1. The van der Waals surface area contributed by atoms with Gasteiger partial charge in [-0.05, 0) is 45.2 Å². The van der Waals surface area contributed by atoms with Gasteiger partial charge in [0.05, 0.1) is 18.7 Å². The average Bonchev–Trinajstić information content (AvgIpc) is 3.16. The second-order valence-electron chi connectivity index (χ2n) is 5.72. The smallest absolute Gasteiger partial charge is 0.256 e. The van der Waals surface area contributed by atoms with E-state index in [-0.39, 0.29) is 18.4 Å². The zero-order valence-electron chi connectivity index (χ0n) is 14.8. The van der Waals surface area contributed by atoms with Crippen molar-refractivity contribution < 1.29 is 9.59 Å². The summed E-state index contributed by atoms with van der Waals surface area (Å²) in [4.78, 5) is 27.5. The van der Waals surface area contributed by atoms with Crippen molar-refractivity contribution in [3.05, 3.63) is 45.4 Å². The average molecular weight is 347 g/mol. The molecule has 0 spiro atoms. The monoisotopic (exact) mass is 347 g/mol. The quantitative estimate of drug-likeness (QED) is 0.837. The molecule has 0 radical (unpaired) electrons. The maximum absolute atomic E-state index is 12.8. The molecule has 130 valence electrons. The van der Waals surface area contributed by atoms with Gasteiger partial charge in [0.15, 0.2) is 0 Å². The fourth-order valence-corrected chi connectivity index (χ4v) is 3.44. The van der Waals surface area contributed by atoms with E-state index in [1.165, 1.54) is 4.88 Å². The van der Waals surface area contributed by atoms with Gasteiger partial charge < -0.3 is 14.8 Å². The highest BCUT2D eigenvalue weighted by Gasteiger charge is 2.22. The summed E-state index contributed by atoms with van der Waals surface area (Å²) in [5.41, 5.74) is 2.67. The molecule has 2 aromatic rings. The van der Waals surface area contributed by atoms with Crippen LogP contribution in [0.5, 0.6) is 0 Å². The first-order chi connectivity index (χ1) is 11.5. The first-order valence-electron chi connectivity index (χ1n) is 8.23. The van der Waals surface area contributed by atoms with Crippen molar-refractivity contribution in [2.45, 2.75) is 34.2 Å². The predicted molar refractivity (Wildman–Crippen MR) is 97.6 cm³/mol. The summed E-state index contributed by atoms with van der Waals surface area (Å²) >= 11 is 1.71. The fraction of sp³-hybridized carbons (Fsp3) is 0.444. The summed E-state index contributed by atoms with van der Waals surface area (Å²) in [6, 6.07) is 6.05. The van der Waals surface area contributed by atoms with Gasteiger partial charge in [-0.2, -0.15) is 0 Å². The van der Waals surface area contributed by atoms with E-state index < -0.39 is 0 Å². The number of likely N-dealkylation sites (N-methyl/N-ethyl adjacent to an activating group) is 2. The lowest BCUT2D eigenvalue weighted by atomic mass is 10.2. The minimum atomic E-state index is -0.125. The SMILES string of the molecule is CCNC(=O)CN(CC)C(=O)c1cc(C)n(Cc2cccs2)c1C. The van der Waals surface area contributed by atoms with Crippen LogP contribution in [-0.4, -0.2) is 40.9 Å². The van der Waals surface area contributed by atoms with Crippen molar-refractivity contribution in [1.29, 1.82) is 0 Å². The summed E-state index contributed by atoms with van der Waals surface area (Å²) in [5, 5.41) is 4.80. The van der Waals surface area contributed by atoms with Crippen LogP contribution >= 0.6 is 11.3 Å². The Bertz CT molecular complexity index is 704. The minimum absolute atomic E-state index is 0.0886. The molecule has 0 saturated heterocycles. The Morgan fingerprint density at radius 3 is 2.62 bits per heavy atom. The first kappa shape index (κ1) is 18.3. The van der Waals surface area contributed by atoms with E-state index in [0.29, 0.717) is 18.7 Å².